The summed E-state index contributed by atoms with van der Waals surface area (Å²) in [6.07, 6.45) is 4.22. The maximum atomic E-state index is 12.8. The lowest BCUT2D eigenvalue weighted by Crippen LogP contribution is -2.45. The molecule has 2 amide bonds. The van der Waals surface area contributed by atoms with Gasteiger partial charge in [-0.15, -0.1) is 0 Å². The van der Waals surface area contributed by atoms with Crippen LogP contribution in [0.25, 0.3) is 0 Å². The Kier molecular flexibility index (Phi) is 4.60. The summed E-state index contributed by atoms with van der Waals surface area (Å²) < 4.78 is 26.7. The van der Waals surface area contributed by atoms with Crippen LogP contribution in [0.2, 0.25) is 0 Å². The molecule has 1 aromatic carbocycles. The van der Waals surface area contributed by atoms with Gasteiger partial charge in [-0.3, -0.25) is 0 Å². The zero-order valence-corrected chi connectivity index (χ0v) is 15.4. The molecule has 1 fully saturated rings. The highest BCUT2D eigenvalue weighted by Gasteiger charge is 2.37. The van der Waals surface area contributed by atoms with Crippen molar-refractivity contribution in [3.8, 4) is 0 Å². The number of hydrogen-bond donors (Lipinski definition) is 1. The van der Waals surface area contributed by atoms with Gasteiger partial charge in [0.1, 0.15) is 4.90 Å². The van der Waals surface area contributed by atoms with Gasteiger partial charge in [0.15, 0.2) is 0 Å². The van der Waals surface area contributed by atoms with E-state index in [1.54, 1.807) is 25.1 Å². The summed E-state index contributed by atoms with van der Waals surface area (Å²) in [5.41, 5.74) is 1.18. The van der Waals surface area contributed by atoms with Crippen LogP contribution in [0.5, 0.6) is 0 Å². The Morgan fingerprint density at radius 2 is 1.83 bits per heavy atom. The molecule has 2 atom stereocenters. The van der Waals surface area contributed by atoms with Crippen LogP contribution in [0.3, 0.4) is 0 Å². The highest BCUT2D eigenvalue weighted by atomic mass is 32.2. The molecule has 24 heavy (non-hydrogen) atoms. The molecule has 132 valence electrons. The zero-order chi connectivity index (χ0) is 17.5. The van der Waals surface area contributed by atoms with Gasteiger partial charge >= 0.3 is 6.03 Å². The van der Waals surface area contributed by atoms with Gasteiger partial charge in [-0.1, -0.05) is 26.0 Å². The van der Waals surface area contributed by atoms with Crippen molar-refractivity contribution in [2.75, 3.05) is 11.9 Å². The van der Waals surface area contributed by atoms with Crippen molar-refractivity contribution in [2.45, 2.75) is 51.3 Å². The molecule has 0 spiro atoms. The van der Waals surface area contributed by atoms with Gasteiger partial charge in [0.05, 0.1) is 5.69 Å². The van der Waals surface area contributed by atoms with Gasteiger partial charge in [-0.25, -0.2) is 17.5 Å². The van der Waals surface area contributed by atoms with Gasteiger partial charge < -0.3 is 5.32 Å². The largest absolute Gasteiger partial charge is 0.335 e. The molecular formula is C18H26N2O3S. The molecule has 5 nitrogen and oxygen atoms in total. The molecule has 0 saturated heterocycles. The Labute approximate surface area is 144 Å². The third-order valence-corrected chi connectivity index (χ3v) is 7.10. The lowest BCUT2D eigenvalue weighted by molar-refractivity contribution is 0.198. The molecule has 0 radical (unpaired) electrons. The first kappa shape index (κ1) is 17.3. The van der Waals surface area contributed by atoms with Crippen molar-refractivity contribution in [3.05, 3.63) is 23.8 Å². The number of benzene rings is 1. The summed E-state index contributed by atoms with van der Waals surface area (Å²) in [5.74, 6) is 1.84. The number of carbonyl (C=O) groups excluding carboxylic acids is 1. The number of rotatable bonds is 3. The molecule has 2 unspecified atom stereocenters. The molecule has 1 heterocycles. The number of fused-ring (bicyclic) bond motifs is 1. The summed E-state index contributed by atoms with van der Waals surface area (Å²) >= 11 is 0. The number of sulfonamides is 1. The molecular weight excluding hydrogens is 324 g/mol. The molecule has 1 N–H and O–H groups in total. The molecule has 0 aromatic heterocycles. The van der Waals surface area contributed by atoms with Gasteiger partial charge in [-0.05, 0) is 62.0 Å². The Balaban J connectivity index is 1.78. The summed E-state index contributed by atoms with van der Waals surface area (Å²) in [4.78, 5) is 12.6. The van der Waals surface area contributed by atoms with Crippen LogP contribution in [0.4, 0.5) is 10.5 Å². The molecule has 1 saturated carbocycles. The summed E-state index contributed by atoms with van der Waals surface area (Å²) in [6, 6.07) is 4.55. The summed E-state index contributed by atoms with van der Waals surface area (Å²) in [6.45, 7) is 6.57. The zero-order valence-electron chi connectivity index (χ0n) is 14.6. The molecule has 1 aromatic rings. The Morgan fingerprint density at radius 1 is 1.17 bits per heavy atom. The quantitative estimate of drug-likeness (QED) is 0.896. The molecule has 6 heteroatoms. The minimum Gasteiger partial charge on any atom is -0.305 e. The topological polar surface area (TPSA) is 66.5 Å². The third-order valence-electron chi connectivity index (χ3n) is 5.28. The van der Waals surface area contributed by atoms with E-state index in [0.29, 0.717) is 23.4 Å². The third kappa shape index (κ3) is 3.16. The van der Waals surface area contributed by atoms with E-state index >= 15 is 0 Å². The number of nitrogens with zero attached hydrogens (tertiary/aromatic N) is 1. The number of urea groups is 1. The molecule has 0 bridgehead atoms. The minimum atomic E-state index is -3.76. The highest BCUT2D eigenvalue weighted by molar-refractivity contribution is 7.90. The van der Waals surface area contributed by atoms with Gasteiger partial charge in [-0.2, -0.15) is 0 Å². The average Bonchev–Trinajstić information content (AvgIpc) is 2.47. The van der Waals surface area contributed by atoms with E-state index in [9.17, 15) is 13.2 Å². The summed E-state index contributed by atoms with van der Waals surface area (Å²) in [7, 11) is -3.76. The van der Waals surface area contributed by atoms with E-state index < -0.39 is 16.1 Å². The van der Waals surface area contributed by atoms with Crippen LogP contribution in [0.1, 0.15) is 45.1 Å². The van der Waals surface area contributed by atoms with Crippen molar-refractivity contribution in [1.82, 2.24) is 4.31 Å². The molecule has 2 aliphatic rings. The maximum absolute atomic E-state index is 12.8. The van der Waals surface area contributed by atoms with Crippen LogP contribution in [0, 0.1) is 24.7 Å². The van der Waals surface area contributed by atoms with Crippen molar-refractivity contribution in [2.24, 2.45) is 17.8 Å². The molecule has 3 rings (SSSR count). The van der Waals surface area contributed by atoms with Crippen LogP contribution in [0.15, 0.2) is 23.1 Å². The predicted molar refractivity (Wildman–Crippen MR) is 94.4 cm³/mol. The lowest BCUT2D eigenvalue weighted by atomic mass is 9.75. The standard InChI is InChI=1S/C18H26N2O3S/c1-12-9-13(2)11-15(10-12)7-8-20-18(21)19-17-14(3)5-4-6-16(17)24(20,22)23/h4-6,12-13,15H,7-11H2,1-3H3,(H,19,21). The fourth-order valence-corrected chi connectivity index (χ4v) is 5.85. The minimum absolute atomic E-state index is 0.201. The second kappa shape index (κ2) is 6.39. The van der Waals surface area contributed by atoms with E-state index in [-0.39, 0.29) is 11.4 Å². The number of nitrogens with one attached hydrogen (secondary N) is 1. The maximum Gasteiger partial charge on any atom is 0.335 e. The van der Waals surface area contributed by atoms with E-state index in [0.717, 1.165) is 29.1 Å². The second-order valence-electron chi connectivity index (χ2n) is 7.53. The van der Waals surface area contributed by atoms with Crippen molar-refractivity contribution in [1.29, 1.82) is 0 Å². The fourth-order valence-electron chi connectivity index (χ4n) is 4.28. The fraction of sp³-hybridized carbons (Fsp3) is 0.611. The van der Waals surface area contributed by atoms with E-state index in [4.69, 9.17) is 0 Å². The van der Waals surface area contributed by atoms with Gasteiger partial charge in [0, 0.05) is 6.54 Å². The Hall–Kier alpha value is -1.56. The number of amides is 2. The normalized spacial score (nSPS) is 29.0. The lowest BCUT2D eigenvalue weighted by Gasteiger charge is -2.34. The summed E-state index contributed by atoms with van der Waals surface area (Å²) in [5, 5.41) is 2.75. The highest BCUT2D eigenvalue weighted by Crippen LogP contribution is 2.36. The van der Waals surface area contributed by atoms with Crippen LogP contribution >= 0.6 is 0 Å². The van der Waals surface area contributed by atoms with E-state index in [1.165, 1.54) is 6.42 Å². The van der Waals surface area contributed by atoms with Crippen molar-refractivity contribution in [3.63, 3.8) is 0 Å². The molecule has 1 aliphatic carbocycles. The second-order valence-corrected chi connectivity index (χ2v) is 9.36. The number of anilines is 1. The van der Waals surface area contributed by atoms with E-state index in [1.807, 2.05) is 0 Å². The van der Waals surface area contributed by atoms with E-state index in [2.05, 4.69) is 19.2 Å². The SMILES string of the molecule is Cc1cccc2c1NC(=O)N(CCC1CC(C)CC(C)C1)S2(=O)=O. The number of aryl methyl sites for hydroxylation is 1. The van der Waals surface area contributed by atoms with Crippen molar-refractivity contribution >= 4 is 21.7 Å². The average molecular weight is 350 g/mol. The predicted octanol–water partition coefficient (Wildman–Crippen LogP) is 3.99. The number of para-hydroxylation sites is 1. The first-order chi connectivity index (χ1) is 11.3. The van der Waals surface area contributed by atoms with Gasteiger partial charge in [0.25, 0.3) is 10.0 Å². The smallest absolute Gasteiger partial charge is 0.305 e. The number of carbonyl (C=O) groups is 1. The van der Waals surface area contributed by atoms with Gasteiger partial charge in [0.2, 0.25) is 0 Å². The van der Waals surface area contributed by atoms with Crippen LogP contribution < -0.4 is 5.32 Å². The molecule has 1 aliphatic heterocycles. The Bertz CT molecular complexity index is 735. The first-order valence-electron chi connectivity index (χ1n) is 8.72. The van der Waals surface area contributed by atoms with Crippen LogP contribution in [-0.2, 0) is 10.0 Å². The first-order valence-corrected chi connectivity index (χ1v) is 10.2. The Morgan fingerprint density at radius 3 is 2.50 bits per heavy atom. The van der Waals surface area contributed by atoms with Crippen molar-refractivity contribution < 1.29 is 13.2 Å². The van der Waals surface area contributed by atoms with Crippen LogP contribution in [-0.4, -0.2) is 25.3 Å². The number of hydrogen-bond acceptors (Lipinski definition) is 3. The monoisotopic (exact) mass is 350 g/mol.